The zero-order valence-corrected chi connectivity index (χ0v) is 14.6. The second kappa shape index (κ2) is 8.85. The number of amides is 3. The first-order valence-electron chi connectivity index (χ1n) is 9.29. The minimum Gasteiger partial charge on any atom is -0.378 e. The molecule has 0 aromatic heterocycles. The summed E-state index contributed by atoms with van der Waals surface area (Å²) in [4.78, 5) is 25.6. The number of ether oxygens (including phenoxy) is 1. The van der Waals surface area contributed by atoms with Gasteiger partial charge >= 0.3 is 6.03 Å². The van der Waals surface area contributed by atoms with Crippen molar-refractivity contribution in [1.82, 2.24) is 5.32 Å². The predicted molar refractivity (Wildman–Crippen MR) is 97.9 cm³/mol. The topological polar surface area (TPSA) is 70.7 Å². The second-order valence-electron chi connectivity index (χ2n) is 6.71. The number of hydrogen-bond donors (Lipinski definition) is 2. The molecule has 0 bridgehead atoms. The van der Waals surface area contributed by atoms with Crippen molar-refractivity contribution in [2.75, 3.05) is 29.9 Å². The lowest BCUT2D eigenvalue weighted by Crippen LogP contribution is -2.30. The van der Waals surface area contributed by atoms with Crippen molar-refractivity contribution in [3.63, 3.8) is 0 Å². The molecule has 2 heterocycles. The highest BCUT2D eigenvalue weighted by atomic mass is 16.5. The van der Waals surface area contributed by atoms with Gasteiger partial charge in [0.2, 0.25) is 5.91 Å². The highest BCUT2D eigenvalue weighted by Crippen LogP contribution is 2.24. The van der Waals surface area contributed by atoms with E-state index >= 15 is 0 Å². The summed E-state index contributed by atoms with van der Waals surface area (Å²) in [7, 11) is 0. The lowest BCUT2D eigenvalue weighted by atomic mass is 10.1. The number of urea groups is 1. The fourth-order valence-corrected chi connectivity index (χ4v) is 3.42. The van der Waals surface area contributed by atoms with Crippen molar-refractivity contribution in [2.45, 2.75) is 51.0 Å². The summed E-state index contributed by atoms with van der Waals surface area (Å²) in [5.41, 5.74) is 1.55. The summed E-state index contributed by atoms with van der Waals surface area (Å²) in [6, 6.07) is 7.23. The lowest BCUT2D eigenvalue weighted by Gasteiger charge is -2.17. The van der Waals surface area contributed by atoms with E-state index in [0.29, 0.717) is 24.8 Å². The van der Waals surface area contributed by atoms with E-state index < -0.39 is 0 Å². The smallest absolute Gasteiger partial charge is 0.319 e. The fraction of sp³-hybridized carbons (Fsp3) is 0.579. The van der Waals surface area contributed by atoms with Crippen LogP contribution < -0.4 is 15.5 Å². The molecule has 3 rings (SSSR count). The van der Waals surface area contributed by atoms with E-state index in [9.17, 15) is 9.59 Å². The summed E-state index contributed by atoms with van der Waals surface area (Å²) < 4.78 is 5.59. The maximum atomic E-state index is 12.0. The number of rotatable bonds is 7. The number of hydrogen-bond acceptors (Lipinski definition) is 3. The maximum absolute atomic E-state index is 12.0. The molecule has 0 saturated carbocycles. The van der Waals surface area contributed by atoms with E-state index in [1.165, 1.54) is 12.8 Å². The SMILES string of the molecule is O=C(NCCCCC1CCCO1)Nc1cccc(N2CCCC2=O)c1. The highest BCUT2D eigenvalue weighted by Gasteiger charge is 2.21. The van der Waals surface area contributed by atoms with Crippen LogP contribution in [0, 0.1) is 0 Å². The molecule has 1 aromatic carbocycles. The normalized spacial score (nSPS) is 20.1. The number of anilines is 2. The molecule has 6 nitrogen and oxygen atoms in total. The minimum absolute atomic E-state index is 0.146. The summed E-state index contributed by atoms with van der Waals surface area (Å²) in [6.45, 7) is 2.30. The molecule has 136 valence electrons. The zero-order valence-electron chi connectivity index (χ0n) is 14.6. The van der Waals surface area contributed by atoms with Crippen molar-refractivity contribution >= 4 is 23.3 Å². The molecule has 2 N–H and O–H groups in total. The molecule has 2 saturated heterocycles. The number of benzene rings is 1. The Balaban J connectivity index is 1.38. The number of carbonyl (C=O) groups excluding carboxylic acids is 2. The number of nitrogens with one attached hydrogen (secondary N) is 2. The van der Waals surface area contributed by atoms with Gasteiger partial charge in [0.05, 0.1) is 6.10 Å². The van der Waals surface area contributed by atoms with Gasteiger partial charge in [-0.1, -0.05) is 6.07 Å². The Morgan fingerprint density at radius 1 is 1.28 bits per heavy atom. The third kappa shape index (κ3) is 5.19. The summed E-state index contributed by atoms with van der Waals surface area (Å²) in [5.74, 6) is 0.146. The zero-order chi connectivity index (χ0) is 17.5. The predicted octanol–water partition coefficient (Wildman–Crippen LogP) is 3.28. The first-order chi connectivity index (χ1) is 12.2. The fourth-order valence-electron chi connectivity index (χ4n) is 3.42. The van der Waals surface area contributed by atoms with Crippen molar-refractivity contribution < 1.29 is 14.3 Å². The largest absolute Gasteiger partial charge is 0.378 e. The van der Waals surface area contributed by atoms with E-state index in [-0.39, 0.29) is 11.9 Å². The van der Waals surface area contributed by atoms with Gasteiger partial charge < -0.3 is 20.3 Å². The Kier molecular flexibility index (Phi) is 6.28. The molecule has 1 aromatic rings. The monoisotopic (exact) mass is 345 g/mol. The average Bonchev–Trinajstić information content (AvgIpc) is 3.26. The molecule has 0 aliphatic carbocycles. The van der Waals surface area contributed by atoms with Gasteiger partial charge in [-0.25, -0.2) is 4.79 Å². The molecular weight excluding hydrogens is 318 g/mol. The van der Waals surface area contributed by atoms with E-state index in [0.717, 1.165) is 44.5 Å². The molecule has 3 amide bonds. The van der Waals surface area contributed by atoms with Crippen LogP contribution in [0.1, 0.15) is 44.9 Å². The van der Waals surface area contributed by atoms with E-state index in [1.807, 2.05) is 24.3 Å². The quantitative estimate of drug-likeness (QED) is 0.745. The second-order valence-corrected chi connectivity index (χ2v) is 6.71. The van der Waals surface area contributed by atoms with Crippen LogP contribution in [-0.2, 0) is 9.53 Å². The van der Waals surface area contributed by atoms with Crippen molar-refractivity contribution in [1.29, 1.82) is 0 Å². The molecular formula is C19H27N3O3. The number of carbonyl (C=O) groups is 2. The number of nitrogens with zero attached hydrogens (tertiary/aromatic N) is 1. The summed E-state index contributed by atoms with van der Waals surface area (Å²) >= 11 is 0. The highest BCUT2D eigenvalue weighted by molar-refractivity contribution is 5.96. The van der Waals surface area contributed by atoms with Crippen LogP contribution >= 0.6 is 0 Å². The van der Waals surface area contributed by atoms with Crippen LogP contribution in [-0.4, -0.2) is 37.7 Å². The Hall–Kier alpha value is -2.08. The van der Waals surface area contributed by atoms with Crippen molar-refractivity contribution in [3.8, 4) is 0 Å². The van der Waals surface area contributed by atoms with Crippen LogP contribution in [0.2, 0.25) is 0 Å². The molecule has 1 atom stereocenters. The standard InChI is InChI=1S/C19H27N3O3/c23-18-10-4-12-22(18)16-7-3-6-15(14-16)21-19(24)20-11-2-1-8-17-9-5-13-25-17/h3,6-7,14,17H,1-2,4-5,8-13H2,(H2,20,21,24). The molecule has 2 aliphatic heterocycles. The van der Waals surface area contributed by atoms with E-state index in [4.69, 9.17) is 4.74 Å². The van der Waals surface area contributed by atoms with Gasteiger partial charge in [0, 0.05) is 37.5 Å². The van der Waals surface area contributed by atoms with E-state index in [2.05, 4.69) is 10.6 Å². The molecule has 1 unspecified atom stereocenters. The van der Waals surface area contributed by atoms with Gasteiger partial charge in [0.25, 0.3) is 0 Å². The Morgan fingerprint density at radius 3 is 2.96 bits per heavy atom. The Labute approximate surface area is 148 Å². The van der Waals surface area contributed by atoms with Crippen molar-refractivity contribution in [3.05, 3.63) is 24.3 Å². The first kappa shape index (κ1) is 17.7. The third-order valence-electron chi connectivity index (χ3n) is 4.75. The summed E-state index contributed by atoms with van der Waals surface area (Å²) in [5, 5.41) is 5.72. The third-order valence-corrected chi connectivity index (χ3v) is 4.75. The number of unbranched alkanes of at least 4 members (excludes halogenated alkanes) is 1. The molecule has 0 spiro atoms. The van der Waals surface area contributed by atoms with Gasteiger partial charge in [-0.05, 0) is 56.7 Å². The van der Waals surface area contributed by atoms with Crippen LogP contribution in [0.4, 0.5) is 16.2 Å². The van der Waals surface area contributed by atoms with Gasteiger partial charge in [0.1, 0.15) is 0 Å². The van der Waals surface area contributed by atoms with Gasteiger partial charge in [-0.2, -0.15) is 0 Å². The lowest BCUT2D eigenvalue weighted by molar-refractivity contribution is -0.117. The maximum Gasteiger partial charge on any atom is 0.319 e. The molecule has 2 aliphatic rings. The van der Waals surface area contributed by atoms with Gasteiger partial charge in [-0.3, -0.25) is 4.79 Å². The Morgan fingerprint density at radius 2 is 2.20 bits per heavy atom. The summed E-state index contributed by atoms with van der Waals surface area (Å²) in [6.07, 6.45) is 7.36. The molecule has 0 radical (unpaired) electrons. The Bertz CT molecular complexity index is 599. The van der Waals surface area contributed by atoms with Crippen LogP contribution in [0.25, 0.3) is 0 Å². The van der Waals surface area contributed by atoms with Crippen LogP contribution in [0.3, 0.4) is 0 Å². The first-order valence-corrected chi connectivity index (χ1v) is 9.29. The van der Waals surface area contributed by atoms with E-state index in [1.54, 1.807) is 4.90 Å². The molecule has 25 heavy (non-hydrogen) atoms. The molecule has 6 heteroatoms. The van der Waals surface area contributed by atoms with Crippen LogP contribution in [0.15, 0.2) is 24.3 Å². The average molecular weight is 345 g/mol. The minimum atomic E-state index is -0.206. The van der Waals surface area contributed by atoms with Crippen molar-refractivity contribution in [2.24, 2.45) is 0 Å². The molecule has 2 fully saturated rings. The van der Waals surface area contributed by atoms with Gasteiger partial charge in [0.15, 0.2) is 0 Å². The van der Waals surface area contributed by atoms with Crippen LogP contribution in [0.5, 0.6) is 0 Å². The van der Waals surface area contributed by atoms with Gasteiger partial charge in [-0.15, -0.1) is 0 Å².